The van der Waals surface area contributed by atoms with E-state index in [0.29, 0.717) is 18.4 Å². The maximum absolute atomic E-state index is 12.2. The smallest absolute Gasteiger partial charge is 0.223 e. The molecule has 0 saturated heterocycles. The first kappa shape index (κ1) is 12.9. The molecule has 0 aromatic rings. The van der Waals surface area contributed by atoms with Crippen LogP contribution in [0.25, 0.3) is 0 Å². The van der Waals surface area contributed by atoms with Crippen LogP contribution >= 0.6 is 0 Å². The number of hydrogen-bond donors (Lipinski definition) is 2. The molecule has 2 rings (SSSR count). The van der Waals surface area contributed by atoms with Gasteiger partial charge in [-0.3, -0.25) is 4.79 Å². The fourth-order valence-corrected chi connectivity index (χ4v) is 3.55. The van der Waals surface area contributed by atoms with E-state index in [2.05, 4.69) is 12.2 Å². The molecule has 0 spiro atoms. The number of carbonyl (C=O) groups is 1. The molecular formula is C14H26N2O. The largest absolute Gasteiger partial charge is 0.352 e. The Labute approximate surface area is 105 Å². The van der Waals surface area contributed by atoms with E-state index < -0.39 is 0 Å². The van der Waals surface area contributed by atoms with Crippen LogP contribution in [0.5, 0.6) is 0 Å². The molecule has 2 fully saturated rings. The first-order chi connectivity index (χ1) is 8.22. The second-order valence-electron chi connectivity index (χ2n) is 5.91. The van der Waals surface area contributed by atoms with Gasteiger partial charge in [0, 0.05) is 18.5 Å². The summed E-state index contributed by atoms with van der Waals surface area (Å²) in [6.45, 7) is 2.79. The molecule has 0 bridgehead atoms. The zero-order valence-corrected chi connectivity index (χ0v) is 11.0. The highest BCUT2D eigenvalue weighted by atomic mass is 16.2. The Hall–Kier alpha value is -0.570. The maximum atomic E-state index is 12.2. The summed E-state index contributed by atoms with van der Waals surface area (Å²) < 4.78 is 0. The van der Waals surface area contributed by atoms with E-state index >= 15 is 0 Å². The van der Waals surface area contributed by atoms with Gasteiger partial charge in [-0.2, -0.15) is 0 Å². The van der Waals surface area contributed by atoms with Gasteiger partial charge in [0.2, 0.25) is 5.91 Å². The Morgan fingerprint density at radius 3 is 2.47 bits per heavy atom. The van der Waals surface area contributed by atoms with Crippen molar-refractivity contribution >= 4 is 5.91 Å². The Kier molecular flexibility index (Phi) is 4.43. The van der Waals surface area contributed by atoms with Crippen LogP contribution in [-0.2, 0) is 4.79 Å². The van der Waals surface area contributed by atoms with Gasteiger partial charge >= 0.3 is 0 Å². The lowest BCUT2D eigenvalue weighted by Gasteiger charge is -2.25. The van der Waals surface area contributed by atoms with Crippen LogP contribution in [0.15, 0.2) is 0 Å². The van der Waals surface area contributed by atoms with E-state index in [4.69, 9.17) is 5.73 Å². The van der Waals surface area contributed by atoms with Crippen molar-refractivity contribution in [3.63, 3.8) is 0 Å². The quantitative estimate of drug-likeness (QED) is 0.787. The van der Waals surface area contributed by atoms with Gasteiger partial charge in [0.15, 0.2) is 0 Å². The predicted molar refractivity (Wildman–Crippen MR) is 69.4 cm³/mol. The van der Waals surface area contributed by atoms with Crippen LogP contribution in [0.2, 0.25) is 0 Å². The summed E-state index contributed by atoms with van der Waals surface area (Å²) in [6, 6.07) is 0.220. The van der Waals surface area contributed by atoms with Crippen molar-refractivity contribution in [3.8, 4) is 0 Å². The molecule has 17 heavy (non-hydrogen) atoms. The molecule has 0 radical (unpaired) electrons. The van der Waals surface area contributed by atoms with Gasteiger partial charge in [0.1, 0.15) is 0 Å². The summed E-state index contributed by atoms with van der Waals surface area (Å²) in [6.07, 6.45) is 8.55. The molecule has 3 atom stereocenters. The third kappa shape index (κ3) is 3.01. The summed E-state index contributed by atoms with van der Waals surface area (Å²) in [5.41, 5.74) is 5.82. The average molecular weight is 238 g/mol. The summed E-state index contributed by atoms with van der Waals surface area (Å²) >= 11 is 0. The van der Waals surface area contributed by atoms with E-state index in [-0.39, 0.29) is 17.9 Å². The van der Waals surface area contributed by atoms with Gasteiger partial charge in [-0.15, -0.1) is 0 Å². The number of rotatable bonds is 4. The first-order valence-corrected chi connectivity index (χ1v) is 7.22. The average Bonchev–Trinajstić information content (AvgIpc) is 2.96. The second-order valence-corrected chi connectivity index (χ2v) is 5.91. The summed E-state index contributed by atoms with van der Waals surface area (Å²) in [4.78, 5) is 12.2. The van der Waals surface area contributed by atoms with E-state index in [9.17, 15) is 4.79 Å². The molecule has 2 aliphatic rings. The summed E-state index contributed by atoms with van der Waals surface area (Å²) in [5, 5.41) is 3.22. The molecular weight excluding hydrogens is 212 g/mol. The van der Waals surface area contributed by atoms with Crippen LogP contribution < -0.4 is 11.1 Å². The third-order valence-electron chi connectivity index (χ3n) is 4.75. The van der Waals surface area contributed by atoms with Crippen molar-refractivity contribution in [3.05, 3.63) is 0 Å². The lowest BCUT2D eigenvalue weighted by molar-refractivity contribution is -0.126. The Morgan fingerprint density at radius 2 is 1.94 bits per heavy atom. The Balaban J connectivity index is 1.87. The fraction of sp³-hybridized carbons (Fsp3) is 0.929. The Bertz CT molecular complexity index is 261. The molecule has 3 nitrogen and oxygen atoms in total. The van der Waals surface area contributed by atoms with Crippen molar-refractivity contribution < 1.29 is 4.79 Å². The van der Waals surface area contributed by atoms with Crippen LogP contribution in [-0.4, -0.2) is 18.5 Å². The normalized spacial score (nSPS) is 31.6. The minimum atomic E-state index is 0.220. The van der Waals surface area contributed by atoms with E-state index in [1.165, 1.54) is 38.5 Å². The molecule has 0 aromatic heterocycles. The summed E-state index contributed by atoms with van der Waals surface area (Å²) in [7, 11) is 0. The van der Waals surface area contributed by atoms with E-state index in [1.54, 1.807) is 0 Å². The van der Waals surface area contributed by atoms with Gasteiger partial charge in [0.25, 0.3) is 0 Å². The van der Waals surface area contributed by atoms with Gasteiger partial charge in [0.05, 0.1) is 0 Å². The first-order valence-electron chi connectivity index (χ1n) is 7.22. The second kappa shape index (κ2) is 5.85. The Morgan fingerprint density at radius 1 is 1.24 bits per heavy atom. The topological polar surface area (TPSA) is 55.1 Å². The van der Waals surface area contributed by atoms with Gasteiger partial charge in [-0.25, -0.2) is 0 Å². The van der Waals surface area contributed by atoms with Crippen LogP contribution in [0.1, 0.15) is 51.9 Å². The maximum Gasteiger partial charge on any atom is 0.223 e. The van der Waals surface area contributed by atoms with Crippen LogP contribution in [0, 0.1) is 17.8 Å². The highest BCUT2D eigenvalue weighted by Crippen LogP contribution is 2.32. The molecule has 3 N–H and O–H groups in total. The number of amides is 1. The molecule has 0 aromatic carbocycles. The predicted octanol–water partition coefficient (Wildman–Crippen LogP) is 2.06. The highest BCUT2D eigenvalue weighted by molar-refractivity contribution is 5.79. The fourth-order valence-electron chi connectivity index (χ4n) is 3.55. The van der Waals surface area contributed by atoms with Crippen LogP contribution in [0.3, 0.4) is 0 Å². The number of hydrogen-bond acceptors (Lipinski definition) is 2. The van der Waals surface area contributed by atoms with Crippen molar-refractivity contribution in [2.45, 2.75) is 57.9 Å². The molecule has 0 aliphatic heterocycles. The number of nitrogens with two attached hydrogens (primary N) is 1. The standard InChI is InChI=1S/C14H26N2O/c1-10-5-4-8-12(10)14(17)16-13(9-15)11-6-2-3-7-11/h10-13H,2-9,15H2,1H3,(H,16,17). The van der Waals surface area contributed by atoms with E-state index in [0.717, 1.165) is 6.42 Å². The van der Waals surface area contributed by atoms with Crippen molar-refractivity contribution in [1.29, 1.82) is 0 Å². The van der Waals surface area contributed by atoms with Gasteiger partial charge in [-0.1, -0.05) is 26.2 Å². The summed E-state index contributed by atoms with van der Waals surface area (Å²) in [5.74, 6) is 1.68. The minimum absolute atomic E-state index is 0.220. The zero-order chi connectivity index (χ0) is 12.3. The molecule has 1 amide bonds. The molecule has 3 unspecified atom stereocenters. The molecule has 3 heteroatoms. The molecule has 2 saturated carbocycles. The van der Waals surface area contributed by atoms with Crippen molar-refractivity contribution in [2.24, 2.45) is 23.5 Å². The molecule has 98 valence electrons. The third-order valence-corrected chi connectivity index (χ3v) is 4.75. The van der Waals surface area contributed by atoms with Crippen molar-refractivity contribution in [1.82, 2.24) is 5.32 Å². The SMILES string of the molecule is CC1CCCC1C(=O)NC(CN)C1CCCC1. The van der Waals surface area contributed by atoms with Crippen molar-refractivity contribution in [2.75, 3.05) is 6.54 Å². The van der Waals surface area contributed by atoms with Crippen LogP contribution in [0.4, 0.5) is 0 Å². The molecule has 2 aliphatic carbocycles. The lowest BCUT2D eigenvalue weighted by atomic mass is 9.94. The lowest BCUT2D eigenvalue weighted by Crippen LogP contribution is -2.47. The number of carbonyl (C=O) groups excluding carboxylic acids is 1. The van der Waals surface area contributed by atoms with Gasteiger partial charge in [-0.05, 0) is 37.5 Å². The minimum Gasteiger partial charge on any atom is -0.352 e. The highest BCUT2D eigenvalue weighted by Gasteiger charge is 2.32. The monoisotopic (exact) mass is 238 g/mol. The van der Waals surface area contributed by atoms with Gasteiger partial charge < -0.3 is 11.1 Å². The number of nitrogens with one attached hydrogen (secondary N) is 1. The zero-order valence-electron chi connectivity index (χ0n) is 11.0. The van der Waals surface area contributed by atoms with E-state index in [1.807, 2.05) is 0 Å². The molecule has 0 heterocycles.